The predicted molar refractivity (Wildman–Crippen MR) is 47.1 cm³/mol. The number of hydrogen-bond donors (Lipinski definition) is 2. The van der Waals surface area contributed by atoms with Crippen LogP contribution in [0.4, 0.5) is 0 Å². The van der Waals surface area contributed by atoms with Gasteiger partial charge in [0.25, 0.3) is 0 Å². The zero-order valence-electron chi connectivity index (χ0n) is 7.91. The summed E-state index contributed by atoms with van der Waals surface area (Å²) in [6.07, 6.45) is 1.11. The van der Waals surface area contributed by atoms with Gasteiger partial charge in [-0.1, -0.05) is 13.8 Å². The summed E-state index contributed by atoms with van der Waals surface area (Å²) in [5.74, 6) is -1.24. The van der Waals surface area contributed by atoms with E-state index in [9.17, 15) is 9.59 Å². The number of hydrogen-bond acceptors (Lipinski definition) is 2. The third kappa shape index (κ3) is 2.20. The van der Waals surface area contributed by atoms with Gasteiger partial charge in [0, 0.05) is 12.5 Å². The van der Waals surface area contributed by atoms with Crippen LogP contribution in [-0.2, 0) is 9.59 Å². The van der Waals surface area contributed by atoms with Crippen molar-refractivity contribution >= 4 is 11.9 Å². The minimum Gasteiger partial charge on any atom is -0.481 e. The Bertz CT molecular complexity index is 225. The smallest absolute Gasteiger partial charge is 0.308 e. The zero-order chi connectivity index (χ0) is 10.0. The number of amides is 1. The lowest BCUT2D eigenvalue weighted by molar-refractivity contribution is -0.144. The molecule has 4 heteroatoms. The third-order valence-corrected chi connectivity index (χ3v) is 2.47. The second-order valence-electron chi connectivity index (χ2n) is 3.82. The van der Waals surface area contributed by atoms with Crippen molar-refractivity contribution in [3.8, 4) is 0 Å². The molecule has 4 nitrogen and oxygen atoms in total. The normalized spacial score (nSPS) is 24.5. The van der Waals surface area contributed by atoms with Gasteiger partial charge < -0.3 is 10.4 Å². The highest BCUT2D eigenvalue weighted by atomic mass is 16.4. The van der Waals surface area contributed by atoms with Crippen molar-refractivity contribution in [1.82, 2.24) is 5.32 Å². The molecule has 0 aromatic heterocycles. The average molecular weight is 185 g/mol. The molecule has 0 aromatic rings. The Kier molecular flexibility index (Phi) is 2.90. The fourth-order valence-corrected chi connectivity index (χ4v) is 1.83. The van der Waals surface area contributed by atoms with Gasteiger partial charge in [-0.25, -0.2) is 0 Å². The van der Waals surface area contributed by atoms with Crippen molar-refractivity contribution in [2.24, 2.45) is 11.8 Å². The number of aliphatic carboxylic acids is 1. The van der Waals surface area contributed by atoms with Crippen molar-refractivity contribution in [2.75, 3.05) is 0 Å². The minimum absolute atomic E-state index is 0.0306. The Morgan fingerprint density at radius 3 is 2.54 bits per heavy atom. The van der Waals surface area contributed by atoms with Crippen LogP contribution >= 0.6 is 0 Å². The molecule has 1 aliphatic rings. The average Bonchev–Trinajstić information content (AvgIpc) is 2.34. The number of carboxylic acids is 1. The molecule has 1 heterocycles. The number of rotatable bonds is 3. The second kappa shape index (κ2) is 3.77. The molecular formula is C9H15NO3. The van der Waals surface area contributed by atoms with Crippen LogP contribution in [0.1, 0.15) is 26.7 Å². The molecule has 0 aromatic carbocycles. The number of carboxylic acid groups (broad SMARTS) is 1. The molecule has 1 aliphatic heterocycles. The minimum atomic E-state index is -0.817. The SMILES string of the molecule is CC(C)C(C(=O)O)C1CCC(=O)N1. The van der Waals surface area contributed by atoms with Gasteiger partial charge in [0.15, 0.2) is 0 Å². The molecule has 2 N–H and O–H groups in total. The summed E-state index contributed by atoms with van der Waals surface area (Å²) >= 11 is 0. The fraction of sp³-hybridized carbons (Fsp3) is 0.778. The summed E-state index contributed by atoms with van der Waals surface area (Å²) in [4.78, 5) is 21.8. The van der Waals surface area contributed by atoms with Gasteiger partial charge in [-0.3, -0.25) is 9.59 Å². The summed E-state index contributed by atoms with van der Waals surface area (Å²) < 4.78 is 0. The van der Waals surface area contributed by atoms with E-state index in [-0.39, 0.29) is 17.9 Å². The first-order valence-electron chi connectivity index (χ1n) is 4.54. The van der Waals surface area contributed by atoms with Crippen LogP contribution in [0.5, 0.6) is 0 Å². The van der Waals surface area contributed by atoms with Crippen molar-refractivity contribution in [3.05, 3.63) is 0 Å². The summed E-state index contributed by atoms with van der Waals surface area (Å²) in [6, 6.07) is -0.176. The van der Waals surface area contributed by atoms with Crippen LogP contribution in [0.2, 0.25) is 0 Å². The first-order chi connectivity index (χ1) is 6.02. The molecule has 2 unspecified atom stereocenters. The quantitative estimate of drug-likeness (QED) is 0.677. The maximum absolute atomic E-state index is 10.9. The van der Waals surface area contributed by atoms with Crippen molar-refractivity contribution in [1.29, 1.82) is 0 Å². The van der Waals surface area contributed by atoms with Gasteiger partial charge in [0.1, 0.15) is 0 Å². The molecule has 0 saturated carbocycles. The monoisotopic (exact) mass is 185 g/mol. The number of nitrogens with one attached hydrogen (secondary N) is 1. The number of carbonyl (C=O) groups is 2. The predicted octanol–water partition coefficient (Wildman–Crippen LogP) is 0.622. The van der Waals surface area contributed by atoms with Gasteiger partial charge in [0.05, 0.1) is 5.92 Å². The van der Waals surface area contributed by atoms with E-state index in [0.29, 0.717) is 12.8 Å². The Morgan fingerprint density at radius 2 is 2.23 bits per heavy atom. The van der Waals surface area contributed by atoms with E-state index in [2.05, 4.69) is 5.32 Å². The summed E-state index contributed by atoms with van der Waals surface area (Å²) in [5.41, 5.74) is 0. The van der Waals surface area contributed by atoms with Crippen LogP contribution in [0.25, 0.3) is 0 Å². The molecule has 74 valence electrons. The molecule has 2 atom stereocenters. The second-order valence-corrected chi connectivity index (χ2v) is 3.82. The Hall–Kier alpha value is -1.06. The van der Waals surface area contributed by atoms with Gasteiger partial charge in [0.2, 0.25) is 5.91 Å². The molecule has 1 rings (SSSR count). The van der Waals surface area contributed by atoms with E-state index < -0.39 is 11.9 Å². The molecule has 1 fully saturated rings. The Labute approximate surface area is 77.3 Å². The van der Waals surface area contributed by atoms with Crippen LogP contribution in [-0.4, -0.2) is 23.0 Å². The summed E-state index contributed by atoms with van der Waals surface area (Å²) in [7, 11) is 0. The maximum Gasteiger partial charge on any atom is 0.308 e. The van der Waals surface area contributed by atoms with Gasteiger partial charge in [-0.2, -0.15) is 0 Å². The van der Waals surface area contributed by atoms with E-state index in [4.69, 9.17) is 5.11 Å². The lowest BCUT2D eigenvalue weighted by atomic mass is 9.88. The fourth-order valence-electron chi connectivity index (χ4n) is 1.83. The molecule has 1 saturated heterocycles. The molecule has 0 radical (unpaired) electrons. The lowest BCUT2D eigenvalue weighted by Gasteiger charge is -2.22. The van der Waals surface area contributed by atoms with Crippen LogP contribution in [0.3, 0.4) is 0 Å². The van der Waals surface area contributed by atoms with Crippen molar-refractivity contribution in [3.63, 3.8) is 0 Å². The van der Waals surface area contributed by atoms with E-state index >= 15 is 0 Å². The molecule has 13 heavy (non-hydrogen) atoms. The largest absolute Gasteiger partial charge is 0.481 e. The molecular weight excluding hydrogens is 170 g/mol. The Morgan fingerprint density at radius 1 is 1.62 bits per heavy atom. The van der Waals surface area contributed by atoms with Gasteiger partial charge in [-0.05, 0) is 12.3 Å². The first-order valence-corrected chi connectivity index (χ1v) is 4.54. The van der Waals surface area contributed by atoms with Crippen LogP contribution in [0, 0.1) is 11.8 Å². The van der Waals surface area contributed by atoms with Crippen LogP contribution < -0.4 is 5.32 Å². The van der Waals surface area contributed by atoms with E-state index in [1.165, 1.54) is 0 Å². The Balaban J connectivity index is 2.65. The van der Waals surface area contributed by atoms with Crippen molar-refractivity contribution < 1.29 is 14.7 Å². The standard InChI is InChI=1S/C9H15NO3/c1-5(2)8(9(12)13)6-3-4-7(11)10-6/h5-6,8H,3-4H2,1-2H3,(H,10,11)(H,12,13). The molecule has 1 amide bonds. The molecule has 0 bridgehead atoms. The third-order valence-electron chi connectivity index (χ3n) is 2.47. The highest BCUT2D eigenvalue weighted by Gasteiger charge is 2.35. The summed E-state index contributed by atoms with van der Waals surface area (Å²) in [6.45, 7) is 3.73. The maximum atomic E-state index is 10.9. The lowest BCUT2D eigenvalue weighted by Crippen LogP contribution is -2.40. The van der Waals surface area contributed by atoms with E-state index in [1.54, 1.807) is 0 Å². The van der Waals surface area contributed by atoms with Gasteiger partial charge in [-0.15, -0.1) is 0 Å². The topological polar surface area (TPSA) is 66.4 Å². The summed E-state index contributed by atoms with van der Waals surface area (Å²) in [5, 5.41) is 11.6. The molecule has 0 spiro atoms. The van der Waals surface area contributed by atoms with E-state index in [0.717, 1.165) is 0 Å². The van der Waals surface area contributed by atoms with Crippen molar-refractivity contribution in [2.45, 2.75) is 32.7 Å². The van der Waals surface area contributed by atoms with Crippen LogP contribution in [0.15, 0.2) is 0 Å². The highest BCUT2D eigenvalue weighted by Crippen LogP contribution is 2.22. The van der Waals surface area contributed by atoms with Gasteiger partial charge >= 0.3 is 5.97 Å². The first kappa shape index (κ1) is 10.0. The number of carbonyl (C=O) groups excluding carboxylic acids is 1. The highest BCUT2D eigenvalue weighted by molar-refractivity contribution is 5.80. The zero-order valence-corrected chi connectivity index (χ0v) is 7.91. The van der Waals surface area contributed by atoms with E-state index in [1.807, 2.05) is 13.8 Å². The molecule has 0 aliphatic carbocycles.